The lowest BCUT2D eigenvalue weighted by molar-refractivity contribution is -0.115. The maximum Gasteiger partial charge on any atom is 0.237 e. The van der Waals surface area contributed by atoms with E-state index in [0.29, 0.717) is 10.7 Å². The topological polar surface area (TPSA) is 29.1 Å². The first-order valence-corrected chi connectivity index (χ1v) is 7.29. The van der Waals surface area contributed by atoms with Crippen molar-refractivity contribution in [3.05, 3.63) is 59.4 Å². The first-order chi connectivity index (χ1) is 9.54. The summed E-state index contributed by atoms with van der Waals surface area (Å²) >= 11 is 7.23. The van der Waals surface area contributed by atoms with E-state index in [1.807, 2.05) is 0 Å². The Kier molecular flexibility index (Phi) is 5.04. The normalized spacial score (nSPS) is 11.9. The van der Waals surface area contributed by atoms with Gasteiger partial charge in [-0.05, 0) is 49.4 Å². The van der Waals surface area contributed by atoms with E-state index in [4.69, 9.17) is 11.6 Å². The van der Waals surface area contributed by atoms with Crippen LogP contribution in [0.25, 0.3) is 0 Å². The van der Waals surface area contributed by atoms with Gasteiger partial charge in [0.1, 0.15) is 5.82 Å². The Hall–Kier alpha value is -1.52. The molecule has 20 heavy (non-hydrogen) atoms. The first kappa shape index (κ1) is 14.9. The highest BCUT2D eigenvalue weighted by Gasteiger charge is 2.14. The quantitative estimate of drug-likeness (QED) is 0.836. The average Bonchev–Trinajstić information content (AvgIpc) is 2.41. The summed E-state index contributed by atoms with van der Waals surface area (Å²) < 4.78 is 12.8. The summed E-state index contributed by atoms with van der Waals surface area (Å²) in [5.41, 5.74) is 0.661. The van der Waals surface area contributed by atoms with E-state index in [9.17, 15) is 9.18 Å². The van der Waals surface area contributed by atoms with Crippen LogP contribution in [0.2, 0.25) is 5.02 Å². The Morgan fingerprint density at radius 2 is 1.95 bits per heavy atom. The van der Waals surface area contributed by atoms with Crippen molar-refractivity contribution in [3.8, 4) is 0 Å². The van der Waals surface area contributed by atoms with Gasteiger partial charge in [-0.1, -0.05) is 17.7 Å². The summed E-state index contributed by atoms with van der Waals surface area (Å²) in [7, 11) is 0. The van der Waals surface area contributed by atoms with Gasteiger partial charge < -0.3 is 5.32 Å². The highest BCUT2D eigenvalue weighted by molar-refractivity contribution is 8.00. The molecule has 5 heteroatoms. The predicted molar refractivity (Wildman–Crippen MR) is 81.8 cm³/mol. The number of amides is 1. The number of hydrogen-bond acceptors (Lipinski definition) is 2. The van der Waals surface area contributed by atoms with Gasteiger partial charge in [0.25, 0.3) is 0 Å². The minimum Gasteiger partial charge on any atom is -0.325 e. The van der Waals surface area contributed by atoms with Crippen LogP contribution in [0.5, 0.6) is 0 Å². The van der Waals surface area contributed by atoms with Gasteiger partial charge in [0.2, 0.25) is 5.91 Å². The van der Waals surface area contributed by atoms with E-state index in [0.717, 1.165) is 4.90 Å². The van der Waals surface area contributed by atoms with Crippen LogP contribution in [0, 0.1) is 5.82 Å². The van der Waals surface area contributed by atoms with Gasteiger partial charge in [-0.3, -0.25) is 4.79 Å². The third-order valence-corrected chi connectivity index (χ3v) is 3.93. The first-order valence-electron chi connectivity index (χ1n) is 6.03. The molecule has 2 rings (SSSR count). The molecule has 0 spiro atoms. The standard InChI is InChI=1S/C15H13ClFNOS/c1-10(20-14-7-5-12(17)6-8-14)15(19)18-13-4-2-3-11(16)9-13/h2-10H,1H3,(H,18,19). The molecule has 0 radical (unpaired) electrons. The van der Waals surface area contributed by atoms with E-state index in [-0.39, 0.29) is 17.0 Å². The van der Waals surface area contributed by atoms with Crippen molar-refractivity contribution in [3.63, 3.8) is 0 Å². The number of halogens is 2. The number of carbonyl (C=O) groups excluding carboxylic acids is 1. The average molecular weight is 310 g/mol. The van der Waals surface area contributed by atoms with Crippen LogP contribution in [0.3, 0.4) is 0 Å². The molecule has 2 aromatic rings. The Morgan fingerprint density at radius 1 is 1.25 bits per heavy atom. The highest BCUT2D eigenvalue weighted by atomic mass is 35.5. The van der Waals surface area contributed by atoms with E-state index < -0.39 is 0 Å². The summed E-state index contributed by atoms with van der Waals surface area (Å²) in [4.78, 5) is 12.9. The van der Waals surface area contributed by atoms with Crippen LogP contribution < -0.4 is 5.32 Å². The SMILES string of the molecule is CC(Sc1ccc(F)cc1)C(=O)Nc1cccc(Cl)c1. The lowest BCUT2D eigenvalue weighted by atomic mass is 10.3. The summed E-state index contributed by atoms with van der Waals surface area (Å²) in [6.07, 6.45) is 0. The number of hydrogen-bond donors (Lipinski definition) is 1. The van der Waals surface area contributed by atoms with E-state index in [1.165, 1.54) is 23.9 Å². The number of benzene rings is 2. The molecule has 1 N–H and O–H groups in total. The van der Waals surface area contributed by atoms with Crippen molar-refractivity contribution in [2.75, 3.05) is 5.32 Å². The molecule has 0 bridgehead atoms. The molecule has 1 atom stereocenters. The Balaban J connectivity index is 1.96. The van der Waals surface area contributed by atoms with Crippen molar-refractivity contribution in [2.24, 2.45) is 0 Å². The number of carbonyl (C=O) groups is 1. The van der Waals surface area contributed by atoms with Crippen LogP contribution in [0.1, 0.15) is 6.92 Å². The van der Waals surface area contributed by atoms with E-state index in [1.54, 1.807) is 43.3 Å². The van der Waals surface area contributed by atoms with E-state index >= 15 is 0 Å². The van der Waals surface area contributed by atoms with Gasteiger partial charge in [0.15, 0.2) is 0 Å². The van der Waals surface area contributed by atoms with Crippen molar-refractivity contribution in [1.82, 2.24) is 0 Å². The fourth-order valence-electron chi connectivity index (χ4n) is 1.58. The Bertz CT molecular complexity index is 603. The van der Waals surface area contributed by atoms with Gasteiger partial charge in [0, 0.05) is 15.6 Å². The smallest absolute Gasteiger partial charge is 0.237 e. The van der Waals surface area contributed by atoms with Crippen LogP contribution in [0.4, 0.5) is 10.1 Å². The van der Waals surface area contributed by atoms with Crippen molar-refractivity contribution >= 4 is 35.0 Å². The van der Waals surface area contributed by atoms with Crippen LogP contribution in [0.15, 0.2) is 53.4 Å². The van der Waals surface area contributed by atoms with E-state index in [2.05, 4.69) is 5.32 Å². The second kappa shape index (κ2) is 6.77. The number of nitrogens with one attached hydrogen (secondary N) is 1. The van der Waals surface area contributed by atoms with Crippen LogP contribution >= 0.6 is 23.4 Å². The summed E-state index contributed by atoms with van der Waals surface area (Å²) in [6.45, 7) is 1.80. The monoisotopic (exact) mass is 309 g/mol. The van der Waals surface area contributed by atoms with Crippen molar-refractivity contribution < 1.29 is 9.18 Å². The molecule has 1 unspecified atom stereocenters. The zero-order chi connectivity index (χ0) is 14.5. The Morgan fingerprint density at radius 3 is 2.60 bits per heavy atom. The van der Waals surface area contributed by atoms with Gasteiger partial charge in [0.05, 0.1) is 5.25 Å². The maximum absolute atomic E-state index is 12.8. The van der Waals surface area contributed by atoms with Gasteiger partial charge in [-0.15, -0.1) is 11.8 Å². The molecule has 0 saturated carbocycles. The zero-order valence-electron chi connectivity index (χ0n) is 10.8. The Labute approximate surface area is 126 Å². The molecule has 0 aliphatic heterocycles. The number of thioether (sulfide) groups is 1. The number of rotatable bonds is 4. The van der Waals surface area contributed by atoms with Crippen molar-refractivity contribution in [2.45, 2.75) is 17.1 Å². The lowest BCUT2D eigenvalue weighted by Crippen LogP contribution is -2.22. The second-order valence-corrected chi connectivity index (χ2v) is 6.06. The largest absolute Gasteiger partial charge is 0.325 e. The molecule has 0 aromatic heterocycles. The fraction of sp³-hybridized carbons (Fsp3) is 0.133. The molecule has 0 aliphatic carbocycles. The number of anilines is 1. The molecular formula is C15H13ClFNOS. The van der Waals surface area contributed by atoms with Gasteiger partial charge in [-0.25, -0.2) is 4.39 Å². The molecule has 0 fully saturated rings. The third kappa shape index (κ3) is 4.25. The minimum absolute atomic E-state index is 0.124. The molecule has 2 aromatic carbocycles. The molecule has 0 aliphatic rings. The summed E-state index contributed by atoms with van der Waals surface area (Å²) in [5.74, 6) is -0.410. The zero-order valence-corrected chi connectivity index (χ0v) is 12.3. The lowest BCUT2D eigenvalue weighted by Gasteiger charge is -2.12. The highest BCUT2D eigenvalue weighted by Crippen LogP contribution is 2.24. The predicted octanol–water partition coefficient (Wildman–Crippen LogP) is 4.60. The molecule has 1 amide bonds. The van der Waals surface area contributed by atoms with Gasteiger partial charge >= 0.3 is 0 Å². The maximum atomic E-state index is 12.8. The molecule has 2 nitrogen and oxygen atoms in total. The summed E-state index contributed by atoms with van der Waals surface area (Å²) in [5, 5.41) is 3.07. The van der Waals surface area contributed by atoms with Crippen LogP contribution in [-0.4, -0.2) is 11.2 Å². The molecule has 0 heterocycles. The summed E-state index contributed by atoms with van der Waals surface area (Å²) in [6, 6.07) is 13.1. The molecular weight excluding hydrogens is 297 g/mol. The molecule has 104 valence electrons. The fourth-order valence-corrected chi connectivity index (χ4v) is 2.64. The molecule has 0 saturated heterocycles. The van der Waals surface area contributed by atoms with Gasteiger partial charge in [-0.2, -0.15) is 0 Å². The van der Waals surface area contributed by atoms with Crippen LogP contribution in [-0.2, 0) is 4.79 Å². The third-order valence-electron chi connectivity index (χ3n) is 2.59. The second-order valence-electron chi connectivity index (χ2n) is 4.21. The minimum atomic E-state index is -0.292. The van der Waals surface area contributed by atoms with Crippen molar-refractivity contribution in [1.29, 1.82) is 0 Å².